The maximum absolute atomic E-state index is 12.0. The van der Waals surface area contributed by atoms with E-state index in [1.54, 1.807) is 4.90 Å². The summed E-state index contributed by atoms with van der Waals surface area (Å²) < 4.78 is 0. The fourth-order valence-corrected chi connectivity index (χ4v) is 3.29. The van der Waals surface area contributed by atoms with Crippen molar-refractivity contribution in [1.82, 2.24) is 4.90 Å². The first-order valence-electron chi connectivity index (χ1n) is 6.68. The quantitative estimate of drug-likeness (QED) is 0.723. The number of carboxylic acid groups (broad SMARTS) is 1. The number of amides is 1. The maximum Gasteiger partial charge on any atom is 0.308 e. The molecule has 1 fully saturated rings. The van der Waals surface area contributed by atoms with Gasteiger partial charge in [-0.1, -0.05) is 13.3 Å². The van der Waals surface area contributed by atoms with Crippen molar-refractivity contribution in [3.8, 4) is 0 Å². The smallest absolute Gasteiger partial charge is 0.308 e. The predicted molar refractivity (Wildman–Crippen MR) is 73.8 cm³/mol. The van der Waals surface area contributed by atoms with Crippen LogP contribution in [-0.4, -0.2) is 46.0 Å². The number of carbonyl (C=O) groups excluding carboxylic acids is 1. The molecule has 0 spiro atoms. The number of rotatable bonds is 7. The second-order valence-corrected chi connectivity index (χ2v) is 6.00. The van der Waals surface area contributed by atoms with Gasteiger partial charge in [-0.05, 0) is 25.5 Å². The Morgan fingerprint density at radius 1 is 1.39 bits per heavy atom. The Labute approximate surface area is 113 Å². The van der Waals surface area contributed by atoms with Gasteiger partial charge in [-0.25, -0.2) is 0 Å². The zero-order valence-corrected chi connectivity index (χ0v) is 12.0. The molecule has 0 aliphatic carbocycles. The third-order valence-electron chi connectivity index (χ3n) is 3.49. The molecule has 1 rings (SSSR count). The van der Waals surface area contributed by atoms with Crippen LogP contribution in [0.3, 0.4) is 0 Å². The van der Waals surface area contributed by atoms with Crippen LogP contribution in [0.1, 0.15) is 39.5 Å². The normalized spacial score (nSPS) is 23.3. The van der Waals surface area contributed by atoms with Crippen LogP contribution >= 0.6 is 11.8 Å². The summed E-state index contributed by atoms with van der Waals surface area (Å²) in [6.07, 6.45) is 3.50. The number of unbranched alkanes of at least 4 members (excludes halogenated alkanes) is 1. The van der Waals surface area contributed by atoms with Crippen molar-refractivity contribution in [2.45, 2.75) is 45.6 Å². The third kappa shape index (κ3) is 4.19. The van der Waals surface area contributed by atoms with Crippen LogP contribution in [0, 0.1) is 5.92 Å². The van der Waals surface area contributed by atoms with Crippen molar-refractivity contribution < 1.29 is 14.7 Å². The monoisotopic (exact) mass is 273 g/mol. The standard InChI is InChI=1S/C13H23NO3S/c1-3-4-8-18-9-6-12(15)14-7-5-11(10(14)2)13(16)17/h10-11H,3-9H2,1-2H3,(H,16,17). The van der Waals surface area contributed by atoms with Crippen LogP contribution in [0.4, 0.5) is 0 Å². The molecule has 1 aliphatic rings. The van der Waals surface area contributed by atoms with Gasteiger partial charge in [-0.2, -0.15) is 11.8 Å². The largest absolute Gasteiger partial charge is 0.481 e. The summed E-state index contributed by atoms with van der Waals surface area (Å²) in [5.74, 6) is 0.892. The molecule has 2 atom stereocenters. The van der Waals surface area contributed by atoms with Gasteiger partial charge in [0.1, 0.15) is 0 Å². The Hall–Kier alpha value is -0.710. The van der Waals surface area contributed by atoms with Crippen molar-refractivity contribution >= 4 is 23.6 Å². The minimum absolute atomic E-state index is 0.107. The molecular weight excluding hydrogens is 250 g/mol. The molecule has 1 saturated heterocycles. The number of thioether (sulfide) groups is 1. The zero-order valence-electron chi connectivity index (χ0n) is 11.2. The van der Waals surface area contributed by atoms with Gasteiger partial charge in [-0.15, -0.1) is 0 Å². The molecular formula is C13H23NO3S. The zero-order chi connectivity index (χ0) is 13.5. The van der Waals surface area contributed by atoms with Gasteiger partial charge >= 0.3 is 5.97 Å². The van der Waals surface area contributed by atoms with Crippen LogP contribution in [-0.2, 0) is 9.59 Å². The van der Waals surface area contributed by atoms with Crippen molar-refractivity contribution in [2.75, 3.05) is 18.1 Å². The SMILES string of the molecule is CCCCSCCC(=O)N1CCC(C(=O)O)C1C. The molecule has 0 radical (unpaired) electrons. The van der Waals surface area contributed by atoms with Crippen LogP contribution in [0.5, 0.6) is 0 Å². The molecule has 0 bridgehead atoms. The summed E-state index contributed by atoms with van der Waals surface area (Å²) in [5, 5.41) is 9.01. The number of nitrogens with zero attached hydrogens (tertiary/aromatic N) is 1. The first-order valence-corrected chi connectivity index (χ1v) is 7.83. The first kappa shape index (κ1) is 15.3. The van der Waals surface area contributed by atoms with Crippen LogP contribution < -0.4 is 0 Å². The lowest BCUT2D eigenvalue weighted by atomic mass is 10.0. The molecule has 0 saturated carbocycles. The lowest BCUT2D eigenvalue weighted by Gasteiger charge is -2.23. The maximum atomic E-state index is 12.0. The van der Waals surface area contributed by atoms with Gasteiger partial charge in [0, 0.05) is 24.8 Å². The third-order valence-corrected chi connectivity index (χ3v) is 4.57. The summed E-state index contributed by atoms with van der Waals surface area (Å²) in [7, 11) is 0. The average molecular weight is 273 g/mol. The van der Waals surface area contributed by atoms with Gasteiger partial charge in [0.05, 0.1) is 5.92 Å². The molecule has 1 amide bonds. The number of aliphatic carboxylic acids is 1. The van der Waals surface area contributed by atoms with E-state index in [0.717, 1.165) is 11.5 Å². The van der Waals surface area contributed by atoms with Crippen molar-refractivity contribution in [2.24, 2.45) is 5.92 Å². The van der Waals surface area contributed by atoms with Crippen molar-refractivity contribution in [1.29, 1.82) is 0 Å². The molecule has 5 heteroatoms. The Morgan fingerprint density at radius 3 is 2.67 bits per heavy atom. The lowest BCUT2D eigenvalue weighted by Crippen LogP contribution is -2.37. The van der Waals surface area contributed by atoms with E-state index in [-0.39, 0.29) is 17.9 Å². The number of likely N-dealkylation sites (tertiary alicyclic amines) is 1. The van der Waals surface area contributed by atoms with E-state index >= 15 is 0 Å². The molecule has 2 unspecified atom stereocenters. The second-order valence-electron chi connectivity index (χ2n) is 4.78. The van der Waals surface area contributed by atoms with Crippen LogP contribution in [0.25, 0.3) is 0 Å². The second kappa shape index (κ2) is 7.67. The first-order chi connectivity index (χ1) is 8.57. The van der Waals surface area contributed by atoms with E-state index in [2.05, 4.69) is 6.92 Å². The lowest BCUT2D eigenvalue weighted by molar-refractivity contribution is -0.143. The number of carboxylic acids is 1. The van der Waals surface area contributed by atoms with Gasteiger partial charge in [-0.3, -0.25) is 9.59 Å². The highest BCUT2D eigenvalue weighted by atomic mass is 32.2. The van der Waals surface area contributed by atoms with E-state index < -0.39 is 5.97 Å². The van der Waals surface area contributed by atoms with E-state index in [1.807, 2.05) is 18.7 Å². The summed E-state index contributed by atoms with van der Waals surface area (Å²) in [6.45, 7) is 4.59. The molecule has 0 aromatic carbocycles. The highest BCUT2D eigenvalue weighted by Crippen LogP contribution is 2.25. The predicted octanol–water partition coefficient (Wildman–Crippen LogP) is 2.23. The van der Waals surface area contributed by atoms with Gasteiger partial charge in [0.25, 0.3) is 0 Å². The topological polar surface area (TPSA) is 57.6 Å². The molecule has 0 aromatic rings. The van der Waals surface area contributed by atoms with E-state index in [1.165, 1.54) is 12.8 Å². The molecule has 18 heavy (non-hydrogen) atoms. The van der Waals surface area contributed by atoms with Gasteiger partial charge in [0.15, 0.2) is 0 Å². The Morgan fingerprint density at radius 2 is 2.11 bits per heavy atom. The van der Waals surface area contributed by atoms with E-state index in [9.17, 15) is 9.59 Å². The van der Waals surface area contributed by atoms with Gasteiger partial charge < -0.3 is 10.0 Å². The summed E-state index contributed by atoms with van der Waals surface area (Å²) >= 11 is 1.81. The van der Waals surface area contributed by atoms with Crippen molar-refractivity contribution in [3.63, 3.8) is 0 Å². The number of hydrogen-bond acceptors (Lipinski definition) is 3. The number of carbonyl (C=O) groups is 2. The van der Waals surface area contributed by atoms with Crippen LogP contribution in [0.2, 0.25) is 0 Å². The minimum Gasteiger partial charge on any atom is -0.481 e. The average Bonchev–Trinajstić information content (AvgIpc) is 2.70. The van der Waals surface area contributed by atoms with Crippen LogP contribution in [0.15, 0.2) is 0 Å². The highest BCUT2D eigenvalue weighted by molar-refractivity contribution is 7.99. The van der Waals surface area contributed by atoms with E-state index in [0.29, 0.717) is 19.4 Å². The Bertz CT molecular complexity index is 296. The Kier molecular flexibility index (Phi) is 6.54. The Balaban J connectivity index is 2.28. The molecule has 1 heterocycles. The minimum atomic E-state index is -0.782. The molecule has 4 nitrogen and oxygen atoms in total. The number of hydrogen-bond donors (Lipinski definition) is 1. The summed E-state index contributed by atoms with van der Waals surface area (Å²) in [6, 6.07) is -0.157. The summed E-state index contributed by atoms with van der Waals surface area (Å²) in [4.78, 5) is 24.7. The summed E-state index contributed by atoms with van der Waals surface area (Å²) in [5.41, 5.74) is 0. The molecule has 1 aliphatic heterocycles. The fraction of sp³-hybridized carbons (Fsp3) is 0.846. The highest BCUT2D eigenvalue weighted by Gasteiger charge is 2.37. The molecule has 1 N–H and O–H groups in total. The van der Waals surface area contributed by atoms with E-state index in [4.69, 9.17) is 5.11 Å². The molecule has 0 aromatic heterocycles. The fourth-order valence-electron chi connectivity index (χ4n) is 2.27. The molecule has 104 valence electrons. The van der Waals surface area contributed by atoms with Crippen molar-refractivity contribution in [3.05, 3.63) is 0 Å². The van der Waals surface area contributed by atoms with Gasteiger partial charge in [0.2, 0.25) is 5.91 Å².